The SMILES string of the molecule is Cl.Cl.[CH2]=[Zr]([CH3])([CH2]CO)([NH]C(C)(C)C)([O]C)[CH]1c2ccccc2-c2ccccc21. The number of benzene rings is 2. The normalized spacial score (nSPS) is 16.1. The third kappa shape index (κ3) is 3.97. The molecule has 0 unspecified atom stereocenters. The van der Waals surface area contributed by atoms with Gasteiger partial charge in [-0.25, -0.2) is 0 Å². The molecule has 0 atom stereocenters. The van der Waals surface area contributed by atoms with Gasteiger partial charge < -0.3 is 0 Å². The van der Waals surface area contributed by atoms with Gasteiger partial charge >= 0.3 is 156 Å². The van der Waals surface area contributed by atoms with Crippen molar-refractivity contribution in [2.75, 3.05) is 13.7 Å². The van der Waals surface area contributed by atoms with Crippen molar-refractivity contribution < 1.29 is 25.5 Å². The quantitative estimate of drug-likeness (QED) is 0.556. The van der Waals surface area contributed by atoms with E-state index in [9.17, 15) is 5.11 Å². The average molecular weight is 507 g/mol. The maximum atomic E-state index is 10.1. The zero-order chi connectivity index (χ0) is 19.3. The Kier molecular flexibility index (Phi) is 7.09. The van der Waals surface area contributed by atoms with Crippen LogP contribution in [-0.4, -0.2) is 28.6 Å². The Hall–Kier alpha value is -0.347. The number of hydrogen-bond donors (Lipinski definition) is 2. The first-order valence-corrected chi connectivity index (χ1v) is 19.0. The van der Waals surface area contributed by atoms with Crippen LogP contribution in [0, 0.1) is 0 Å². The summed E-state index contributed by atoms with van der Waals surface area (Å²) in [5, 5.41) is 10.1. The van der Waals surface area contributed by atoms with Crippen LogP contribution in [0.5, 0.6) is 0 Å². The Labute approximate surface area is 180 Å². The first-order valence-electron chi connectivity index (χ1n) is 9.41. The monoisotopic (exact) mass is 504 g/mol. The maximum absolute atomic E-state index is 10.1. The molecule has 1 aliphatic carbocycles. The predicted octanol–water partition coefficient (Wildman–Crippen LogP) is 5.58. The molecular formula is C22H34Cl2NO2Zr. The van der Waals surface area contributed by atoms with Crippen molar-refractivity contribution in [1.29, 1.82) is 0 Å². The zero-order valence-corrected chi connectivity index (χ0v) is 21.6. The number of aliphatic hydroxyl groups excluding tert-OH is 1. The molecule has 2 N–H and O–H groups in total. The second-order valence-corrected chi connectivity index (χ2v) is 29.4. The first-order chi connectivity index (χ1) is 12.0. The van der Waals surface area contributed by atoms with Crippen molar-refractivity contribution in [2.24, 2.45) is 0 Å². The fraction of sp³-hybridized carbons (Fsp3) is 0.409. The zero-order valence-electron chi connectivity index (χ0n) is 17.5. The molecule has 0 aromatic heterocycles. The molecule has 0 amide bonds. The van der Waals surface area contributed by atoms with Crippen molar-refractivity contribution in [3.63, 3.8) is 0 Å². The van der Waals surface area contributed by atoms with Gasteiger partial charge in [0.1, 0.15) is 0 Å². The Morgan fingerprint density at radius 2 is 1.43 bits per heavy atom. The molecule has 3 rings (SSSR count). The molecule has 2 aromatic rings. The summed E-state index contributed by atoms with van der Waals surface area (Å²) in [5.41, 5.74) is 4.83. The summed E-state index contributed by atoms with van der Waals surface area (Å²) in [6.07, 6.45) is 0. The fourth-order valence-corrected chi connectivity index (χ4v) is 22.4. The molecule has 0 radical (unpaired) electrons. The fourth-order valence-electron chi connectivity index (χ4n) is 5.37. The Balaban J connectivity index is 0.00000196. The van der Waals surface area contributed by atoms with Crippen molar-refractivity contribution in [3.8, 4) is 11.1 Å². The second kappa shape index (κ2) is 7.72. The summed E-state index contributed by atoms with van der Waals surface area (Å²) in [7, 11) is 1.78. The van der Waals surface area contributed by atoms with Gasteiger partial charge in [-0.15, -0.1) is 24.8 Å². The molecule has 6 heteroatoms. The van der Waals surface area contributed by atoms with E-state index in [1.807, 2.05) is 0 Å². The van der Waals surface area contributed by atoms with Gasteiger partial charge in [-0.3, -0.25) is 0 Å². The van der Waals surface area contributed by atoms with Gasteiger partial charge in [0.25, 0.3) is 0 Å². The molecule has 1 aliphatic rings. The Bertz CT molecular complexity index is 908. The van der Waals surface area contributed by atoms with Crippen LogP contribution < -0.4 is 3.26 Å². The molecule has 0 heterocycles. The van der Waals surface area contributed by atoms with Crippen LogP contribution in [0.3, 0.4) is 0 Å². The summed E-state index contributed by atoms with van der Waals surface area (Å²) < 4.78 is 18.2. The van der Waals surface area contributed by atoms with Crippen LogP contribution in [0.4, 0.5) is 0 Å². The summed E-state index contributed by atoms with van der Waals surface area (Å²) in [6.45, 7) is 6.50. The van der Waals surface area contributed by atoms with Crippen LogP contribution in [0.2, 0.25) is 8.76 Å². The molecule has 0 bridgehead atoms. The predicted molar refractivity (Wildman–Crippen MR) is 123 cm³/mol. The first kappa shape index (κ1) is 25.7. The summed E-state index contributed by atoms with van der Waals surface area (Å²) in [4.78, 5) is 0. The van der Waals surface area contributed by atoms with E-state index in [1.165, 1.54) is 22.3 Å². The topological polar surface area (TPSA) is 41.5 Å². The average Bonchev–Trinajstić information content (AvgIpc) is 2.89. The summed E-state index contributed by atoms with van der Waals surface area (Å²) in [6, 6.07) is 17.1. The number of fused-ring (bicyclic) bond motifs is 3. The van der Waals surface area contributed by atoms with Crippen LogP contribution in [-0.2, 0) is 20.4 Å². The standard InChI is InChI=1S/C13H9.C4H10N.C2H5O.CH3O.CH3.CH2.2ClH.Zr/c1-3-7-12-10(5-1)9-11-6-2-4-8-13(11)12;1-4(2,3)5;1-2-3;1-2;;;;;/h1-9H;5H,1-3H3;3H,1-2H2;1H3;1H3;1H2;2*1H;/q;-1;;-1;;;;;+2. The van der Waals surface area contributed by atoms with Crippen LogP contribution in [0.15, 0.2) is 48.5 Å². The molecular weight excluding hydrogens is 472 g/mol. The summed E-state index contributed by atoms with van der Waals surface area (Å²) >= 11 is -4.97. The third-order valence-electron chi connectivity index (χ3n) is 6.22. The molecule has 157 valence electrons. The molecule has 2 aromatic carbocycles. The molecule has 0 saturated carbocycles. The van der Waals surface area contributed by atoms with Gasteiger partial charge in [0.15, 0.2) is 0 Å². The van der Waals surface area contributed by atoms with E-state index in [1.54, 1.807) is 7.11 Å². The number of hydrogen-bond acceptors (Lipinski definition) is 3. The van der Waals surface area contributed by atoms with E-state index in [2.05, 4.69) is 77.2 Å². The van der Waals surface area contributed by atoms with Crippen LogP contribution >= 0.6 is 24.8 Å². The van der Waals surface area contributed by atoms with Crippen molar-refractivity contribution in [2.45, 2.75) is 38.7 Å². The number of aliphatic hydroxyl groups is 1. The third-order valence-corrected chi connectivity index (χ3v) is 24.4. The van der Waals surface area contributed by atoms with E-state index in [0.29, 0.717) is 4.13 Å². The van der Waals surface area contributed by atoms with Gasteiger partial charge in [-0.1, -0.05) is 0 Å². The second-order valence-electron chi connectivity index (χ2n) is 9.77. The Morgan fingerprint density at radius 1 is 1.00 bits per heavy atom. The van der Waals surface area contributed by atoms with Gasteiger partial charge in [-0.2, -0.15) is 0 Å². The van der Waals surface area contributed by atoms with Crippen molar-refractivity contribution in [1.82, 2.24) is 3.26 Å². The van der Waals surface area contributed by atoms with E-state index in [4.69, 9.17) is 7.02 Å². The number of rotatable bonds is 5. The summed E-state index contributed by atoms with van der Waals surface area (Å²) in [5.74, 6) is 0. The van der Waals surface area contributed by atoms with Crippen LogP contribution in [0.1, 0.15) is 35.5 Å². The van der Waals surface area contributed by atoms with Crippen molar-refractivity contribution in [3.05, 3.63) is 59.7 Å². The minimum absolute atomic E-state index is 0. The molecule has 3 nitrogen and oxygen atoms in total. The molecule has 0 fully saturated rings. The molecule has 0 spiro atoms. The van der Waals surface area contributed by atoms with Gasteiger partial charge in [0.2, 0.25) is 0 Å². The van der Waals surface area contributed by atoms with E-state index in [-0.39, 0.29) is 40.6 Å². The van der Waals surface area contributed by atoms with Crippen molar-refractivity contribution >= 4 is 29.0 Å². The van der Waals surface area contributed by atoms with E-state index in [0.717, 1.165) is 0 Å². The molecule has 28 heavy (non-hydrogen) atoms. The van der Waals surface area contributed by atoms with E-state index >= 15 is 0 Å². The minimum atomic E-state index is -4.97. The van der Waals surface area contributed by atoms with Crippen LogP contribution in [0.25, 0.3) is 11.1 Å². The number of halogens is 2. The van der Waals surface area contributed by atoms with Gasteiger partial charge in [-0.05, 0) is 0 Å². The molecule has 0 saturated heterocycles. The van der Waals surface area contributed by atoms with Gasteiger partial charge in [0.05, 0.1) is 0 Å². The van der Waals surface area contributed by atoms with Gasteiger partial charge in [0, 0.05) is 0 Å². The Morgan fingerprint density at radius 3 is 1.79 bits per heavy atom. The molecule has 0 aliphatic heterocycles. The van der Waals surface area contributed by atoms with E-state index < -0.39 is 17.5 Å². The number of nitrogens with one attached hydrogen (secondary N) is 1.